The summed E-state index contributed by atoms with van der Waals surface area (Å²) < 4.78 is 16.1. The topological polar surface area (TPSA) is 117 Å². The molecule has 0 heterocycles. The number of benzene rings is 2. The monoisotopic (exact) mass is 458 g/mol. The molecule has 2 aromatic carbocycles. The summed E-state index contributed by atoms with van der Waals surface area (Å²) in [5.41, 5.74) is 0.688. The van der Waals surface area contributed by atoms with Gasteiger partial charge in [-0.1, -0.05) is 38.8 Å². The highest BCUT2D eigenvalue weighted by atomic mass is 16.6. The number of amides is 1. The van der Waals surface area contributed by atoms with Crippen molar-refractivity contribution in [3.63, 3.8) is 0 Å². The number of ether oxygens (including phenoxy) is 3. The van der Waals surface area contributed by atoms with Gasteiger partial charge in [-0.3, -0.25) is 10.1 Å². The minimum absolute atomic E-state index is 0.116. The number of hydrogen-bond donors (Lipinski definition) is 1. The normalized spacial score (nSPS) is 11.3. The number of nitro groups is 1. The number of nitrogens with zero attached hydrogens (tertiary/aromatic N) is 1. The molecule has 0 aliphatic carbocycles. The summed E-state index contributed by atoms with van der Waals surface area (Å²) in [7, 11) is 0. The van der Waals surface area contributed by atoms with E-state index in [1.54, 1.807) is 0 Å². The van der Waals surface area contributed by atoms with Gasteiger partial charge in [0.2, 0.25) is 0 Å². The predicted molar refractivity (Wildman–Crippen MR) is 122 cm³/mol. The van der Waals surface area contributed by atoms with Crippen molar-refractivity contribution in [3.05, 3.63) is 64.2 Å². The number of nitrogens with one attached hydrogen (secondary N) is 1. The second-order valence-electron chi connectivity index (χ2n) is 7.41. The summed E-state index contributed by atoms with van der Waals surface area (Å²) in [5.74, 6) is 0.289. The van der Waals surface area contributed by atoms with Crippen LogP contribution in [0.2, 0.25) is 0 Å². The number of esters is 1. The van der Waals surface area contributed by atoms with Gasteiger partial charge in [0.05, 0.1) is 18.1 Å². The molecule has 1 N–H and O–H groups in total. The van der Waals surface area contributed by atoms with Crippen LogP contribution in [0.15, 0.2) is 48.5 Å². The lowest BCUT2D eigenvalue weighted by Crippen LogP contribution is -2.44. The van der Waals surface area contributed by atoms with E-state index in [0.29, 0.717) is 6.61 Å². The number of non-ortho nitro benzene ring substituents is 1. The summed E-state index contributed by atoms with van der Waals surface area (Å²) >= 11 is 0. The average molecular weight is 459 g/mol. The zero-order valence-corrected chi connectivity index (χ0v) is 19.0. The van der Waals surface area contributed by atoms with Gasteiger partial charge >= 0.3 is 12.1 Å². The Hall–Kier alpha value is -3.62. The predicted octanol–water partition coefficient (Wildman–Crippen LogP) is 4.82. The fourth-order valence-corrected chi connectivity index (χ4v) is 2.82. The molecule has 33 heavy (non-hydrogen) atoms. The quantitative estimate of drug-likeness (QED) is 0.198. The van der Waals surface area contributed by atoms with Crippen LogP contribution in [0.3, 0.4) is 0 Å². The van der Waals surface area contributed by atoms with Gasteiger partial charge in [-0.25, -0.2) is 9.59 Å². The van der Waals surface area contributed by atoms with Crippen LogP contribution in [-0.4, -0.2) is 36.2 Å². The van der Waals surface area contributed by atoms with E-state index in [-0.39, 0.29) is 24.5 Å². The molecule has 0 aliphatic rings. The molecule has 1 amide bonds. The van der Waals surface area contributed by atoms with Crippen molar-refractivity contribution < 1.29 is 28.7 Å². The molecule has 0 radical (unpaired) electrons. The van der Waals surface area contributed by atoms with Crippen molar-refractivity contribution in [2.75, 3.05) is 13.2 Å². The first-order valence-corrected chi connectivity index (χ1v) is 11.0. The van der Waals surface area contributed by atoms with E-state index in [2.05, 4.69) is 12.2 Å². The van der Waals surface area contributed by atoms with Crippen LogP contribution in [0.5, 0.6) is 11.5 Å². The molecule has 9 heteroatoms. The first-order chi connectivity index (χ1) is 15.9. The number of carbonyl (C=O) groups excluding carboxylic acids is 2. The third-order valence-corrected chi connectivity index (χ3v) is 4.71. The molecular weight excluding hydrogens is 428 g/mol. The lowest BCUT2D eigenvalue weighted by Gasteiger charge is -2.18. The molecule has 2 rings (SSSR count). The van der Waals surface area contributed by atoms with Gasteiger partial charge in [0.15, 0.2) is 0 Å². The third kappa shape index (κ3) is 9.18. The second kappa shape index (κ2) is 13.7. The maximum Gasteiger partial charge on any atom is 0.413 e. The highest BCUT2D eigenvalue weighted by Gasteiger charge is 2.24. The Morgan fingerprint density at radius 1 is 0.939 bits per heavy atom. The Labute approximate surface area is 193 Å². The standard InChI is InChI=1S/C24H30N2O7/c1-3-5-15-31-20-11-7-18(8-12-20)17-22(23(27)32-16-6-4-2)25-24(28)33-21-13-9-19(10-14-21)26(29)30/h7-14,22H,3-6,15-17H2,1-2H3,(H,25,28)/t22-/m0/s1. The molecule has 9 nitrogen and oxygen atoms in total. The summed E-state index contributed by atoms with van der Waals surface area (Å²) in [6, 6.07) is 11.4. The van der Waals surface area contributed by atoms with Crippen molar-refractivity contribution in [3.8, 4) is 11.5 Å². The third-order valence-electron chi connectivity index (χ3n) is 4.71. The summed E-state index contributed by atoms with van der Waals surface area (Å²) in [5, 5.41) is 13.3. The molecule has 178 valence electrons. The summed E-state index contributed by atoms with van der Waals surface area (Å²) in [4.78, 5) is 35.2. The van der Waals surface area contributed by atoms with Gasteiger partial charge in [-0.2, -0.15) is 0 Å². The SMILES string of the molecule is CCCCOC(=O)[C@H](Cc1ccc(OCCCC)cc1)NC(=O)Oc1ccc([N+](=O)[O-])cc1. The Bertz CT molecular complexity index is 898. The van der Waals surface area contributed by atoms with Gasteiger partial charge in [0.1, 0.15) is 17.5 Å². The van der Waals surface area contributed by atoms with Crippen LogP contribution in [0.1, 0.15) is 45.1 Å². The molecule has 0 bridgehead atoms. The van der Waals surface area contributed by atoms with E-state index in [4.69, 9.17) is 14.2 Å². The number of unbranched alkanes of at least 4 members (excludes halogenated alkanes) is 2. The molecule has 0 spiro atoms. The molecule has 0 aliphatic heterocycles. The van der Waals surface area contributed by atoms with Crippen LogP contribution >= 0.6 is 0 Å². The fourth-order valence-electron chi connectivity index (χ4n) is 2.82. The zero-order valence-electron chi connectivity index (χ0n) is 19.0. The van der Waals surface area contributed by atoms with Crippen LogP contribution < -0.4 is 14.8 Å². The van der Waals surface area contributed by atoms with Crippen LogP contribution in [-0.2, 0) is 16.0 Å². The maximum absolute atomic E-state index is 12.6. The molecular formula is C24H30N2O7. The number of carbonyl (C=O) groups is 2. The van der Waals surface area contributed by atoms with Crippen molar-refractivity contribution in [2.45, 2.75) is 52.0 Å². The molecule has 2 aromatic rings. The van der Waals surface area contributed by atoms with Gasteiger partial charge in [0, 0.05) is 18.6 Å². The van der Waals surface area contributed by atoms with Gasteiger partial charge in [-0.05, 0) is 42.7 Å². The Morgan fingerprint density at radius 3 is 2.15 bits per heavy atom. The van der Waals surface area contributed by atoms with Crippen molar-refractivity contribution in [1.29, 1.82) is 0 Å². The molecule has 1 atom stereocenters. The first-order valence-electron chi connectivity index (χ1n) is 11.0. The lowest BCUT2D eigenvalue weighted by atomic mass is 10.1. The van der Waals surface area contributed by atoms with E-state index in [1.165, 1.54) is 24.3 Å². The minimum Gasteiger partial charge on any atom is -0.494 e. The summed E-state index contributed by atoms with van der Waals surface area (Å²) in [6.45, 7) is 4.97. The van der Waals surface area contributed by atoms with Crippen molar-refractivity contribution in [2.24, 2.45) is 0 Å². The van der Waals surface area contributed by atoms with Crippen LogP contribution in [0.4, 0.5) is 10.5 Å². The Balaban J connectivity index is 2.02. The van der Waals surface area contributed by atoms with Gasteiger partial charge < -0.3 is 19.5 Å². The molecule has 0 unspecified atom stereocenters. The number of hydrogen-bond acceptors (Lipinski definition) is 7. The minimum atomic E-state index is -0.959. The van der Waals surface area contributed by atoms with Gasteiger partial charge in [0.25, 0.3) is 5.69 Å². The summed E-state index contributed by atoms with van der Waals surface area (Å²) in [6.07, 6.45) is 2.94. The van der Waals surface area contributed by atoms with Gasteiger partial charge in [-0.15, -0.1) is 0 Å². The van der Waals surface area contributed by atoms with E-state index in [0.717, 1.165) is 37.0 Å². The highest BCUT2D eigenvalue weighted by Crippen LogP contribution is 2.18. The maximum atomic E-state index is 12.6. The smallest absolute Gasteiger partial charge is 0.413 e. The zero-order chi connectivity index (χ0) is 24.1. The molecule has 0 saturated carbocycles. The molecule has 0 fully saturated rings. The van der Waals surface area contributed by atoms with E-state index in [9.17, 15) is 19.7 Å². The fraction of sp³-hybridized carbons (Fsp3) is 0.417. The molecule has 0 saturated heterocycles. The van der Waals surface area contributed by atoms with E-state index in [1.807, 2.05) is 31.2 Å². The van der Waals surface area contributed by atoms with Crippen LogP contribution in [0, 0.1) is 10.1 Å². The van der Waals surface area contributed by atoms with Crippen molar-refractivity contribution >= 4 is 17.7 Å². The van der Waals surface area contributed by atoms with Crippen molar-refractivity contribution in [1.82, 2.24) is 5.32 Å². The van der Waals surface area contributed by atoms with Crippen LogP contribution in [0.25, 0.3) is 0 Å². The lowest BCUT2D eigenvalue weighted by molar-refractivity contribution is -0.384. The number of rotatable bonds is 13. The van der Waals surface area contributed by atoms with E-state index >= 15 is 0 Å². The second-order valence-corrected chi connectivity index (χ2v) is 7.41. The largest absolute Gasteiger partial charge is 0.494 e. The highest BCUT2D eigenvalue weighted by molar-refractivity contribution is 5.82. The molecule has 0 aromatic heterocycles. The Kier molecular flexibility index (Phi) is 10.7. The first kappa shape index (κ1) is 25.6. The average Bonchev–Trinajstić information content (AvgIpc) is 2.80. The number of nitro benzene ring substituents is 1. The Morgan fingerprint density at radius 2 is 1.55 bits per heavy atom. The van der Waals surface area contributed by atoms with E-state index < -0.39 is 23.0 Å².